The van der Waals surface area contributed by atoms with Gasteiger partial charge in [0, 0.05) is 42.2 Å². The van der Waals surface area contributed by atoms with Gasteiger partial charge in [-0.3, -0.25) is 4.79 Å². The summed E-state index contributed by atoms with van der Waals surface area (Å²) in [5.41, 5.74) is 3.37. The van der Waals surface area contributed by atoms with Crippen LogP contribution in [0.15, 0.2) is 95.0 Å². The summed E-state index contributed by atoms with van der Waals surface area (Å²) in [6.07, 6.45) is 1.90. The van der Waals surface area contributed by atoms with Gasteiger partial charge in [-0.1, -0.05) is 80.1 Å². The van der Waals surface area contributed by atoms with Crippen molar-refractivity contribution in [3.05, 3.63) is 129 Å². The van der Waals surface area contributed by atoms with E-state index in [4.69, 9.17) is 16.7 Å². The van der Waals surface area contributed by atoms with E-state index in [1.807, 2.05) is 42.5 Å². The molecule has 2 N–H and O–H groups in total. The molecule has 8 heteroatoms. The SMILES string of the molecule is C.C.Cn1cc(/C(CC(c2ccc(-c3ccc(C(=O)O)c(F)c3)cc2)c2ccccc2Cl)=N/O)ccc1=O. The van der Waals surface area contributed by atoms with Crippen molar-refractivity contribution in [3.63, 3.8) is 0 Å². The lowest BCUT2D eigenvalue weighted by Gasteiger charge is -2.21. The Balaban J connectivity index is 0.00000253. The number of carbonyl (C=O) groups is 1. The number of halogens is 2. The second kappa shape index (κ2) is 12.8. The number of aromatic carboxylic acids is 1. The highest BCUT2D eigenvalue weighted by atomic mass is 35.5. The molecule has 0 spiro atoms. The molecule has 0 aliphatic heterocycles. The monoisotopic (exact) mass is 536 g/mol. The summed E-state index contributed by atoms with van der Waals surface area (Å²) in [4.78, 5) is 22.9. The summed E-state index contributed by atoms with van der Waals surface area (Å²) < 4.78 is 15.6. The number of benzene rings is 3. The van der Waals surface area contributed by atoms with E-state index in [0.717, 1.165) is 11.1 Å². The first-order chi connectivity index (χ1) is 17.3. The predicted molar refractivity (Wildman–Crippen MR) is 150 cm³/mol. The van der Waals surface area contributed by atoms with Crippen molar-refractivity contribution in [1.29, 1.82) is 0 Å². The van der Waals surface area contributed by atoms with Gasteiger partial charge in [0.2, 0.25) is 5.56 Å². The zero-order valence-corrected chi connectivity index (χ0v) is 20.0. The largest absolute Gasteiger partial charge is 0.478 e. The van der Waals surface area contributed by atoms with Gasteiger partial charge >= 0.3 is 5.97 Å². The van der Waals surface area contributed by atoms with Gasteiger partial charge in [0.05, 0.1) is 11.3 Å². The minimum atomic E-state index is -1.32. The van der Waals surface area contributed by atoms with Crippen molar-refractivity contribution in [3.8, 4) is 11.1 Å². The fourth-order valence-corrected chi connectivity index (χ4v) is 4.38. The number of aromatic nitrogens is 1. The smallest absolute Gasteiger partial charge is 0.338 e. The summed E-state index contributed by atoms with van der Waals surface area (Å²) >= 11 is 6.54. The molecule has 0 aliphatic carbocycles. The third-order valence-electron chi connectivity index (χ3n) is 6.06. The maximum absolute atomic E-state index is 14.2. The maximum Gasteiger partial charge on any atom is 0.338 e. The van der Waals surface area contributed by atoms with Crippen LogP contribution in [0.1, 0.15) is 54.2 Å². The number of pyridine rings is 1. The predicted octanol–water partition coefficient (Wildman–Crippen LogP) is 7.22. The van der Waals surface area contributed by atoms with Gasteiger partial charge in [0.1, 0.15) is 5.82 Å². The van der Waals surface area contributed by atoms with Crippen molar-refractivity contribution in [2.24, 2.45) is 12.2 Å². The molecular weight excluding hydrogens is 507 g/mol. The van der Waals surface area contributed by atoms with Crippen LogP contribution in [0.25, 0.3) is 11.1 Å². The lowest BCUT2D eigenvalue weighted by molar-refractivity contribution is 0.0692. The fraction of sp³-hybridized carbons (Fsp3) is 0.167. The molecule has 1 heterocycles. The van der Waals surface area contributed by atoms with E-state index in [9.17, 15) is 19.2 Å². The minimum Gasteiger partial charge on any atom is -0.478 e. The number of carboxylic acids is 1. The van der Waals surface area contributed by atoms with E-state index in [2.05, 4.69) is 5.16 Å². The summed E-state index contributed by atoms with van der Waals surface area (Å²) in [7, 11) is 1.62. The van der Waals surface area contributed by atoms with Crippen molar-refractivity contribution >= 4 is 23.3 Å². The first kappa shape index (κ1) is 30.0. The minimum absolute atomic E-state index is 0. The van der Waals surface area contributed by atoms with Crippen molar-refractivity contribution < 1.29 is 19.5 Å². The lowest BCUT2D eigenvalue weighted by Crippen LogP contribution is -2.18. The normalized spacial score (nSPS) is 11.7. The van der Waals surface area contributed by atoms with Crippen LogP contribution < -0.4 is 5.56 Å². The van der Waals surface area contributed by atoms with Gasteiger partial charge in [-0.15, -0.1) is 0 Å². The molecule has 3 aromatic carbocycles. The van der Waals surface area contributed by atoms with Crippen LogP contribution in [0, 0.1) is 5.82 Å². The molecule has 0 saturated heterocycles. The number of rotatable bonds is 7. The van der Waals surface area contributed by atoms with Crippen LogP contribution in [-0.2, 0) is 7.05 Å². The van der Waals surface area contributed by atoms with Crippen LogP contribution in [0.2, 0.25) is 5.02 Å². The van der Waals surface area contributed by atoms with Crippen LogP contribution in [-0.4, -0.2) is 26.6 Å². The van der Waals surface area contributed by atoms with Crippen LogP contribution >= 0.6 is 11.6 Å². The Hall–Kier alpha value is -4.23. The molecule has 4 rings (SSSR count). The van der Waals surface area contributed by atoms with E-state index < -0.39 is 11.8 Å². The second-order valence-corrected chi connectivity index (χ2v) is 8.72. The van der Waals surface area contributed by atoms with Crippen LogP contribution in [0.4, 0.5) is 4.39 Å². The third-order valence-corrected chi connectivity index (χ3v) is 6.41. The number of hydrogen-bond donors (Lipinski definition) is 2. The van der Waals surface area contributed by atoms with Gasteiger partial charge in [0.25, 0.3) is 0 Å². The van der Waals surface area contributed by atoms with Crippen LogP contribution in [0.3, 0.4) is 0 Å². The molecule has 1 unspecified atom stereocenters. The molecule has 0 fully saturated rings. The number of hydrogen-bond acceptors (Lipinski definition) is 4. The van der Waals surface area contributed by atoms with Crippen molar-refractivity contribution in [1.82, 2.24) is 4.57 Å². The molecule has 0 saturated carbocycles. The lowest BCUT2D eigenvalue weighted by atomic mass is 9.85. The molecule has 4 aromatic rings. The summed E-state index contributed by atoms with van der Waals surface area (Å²) in [5, 5.41) is 23.0. The van der Waals surface area contributed by atoms with E-state index in [-0.39, 0.29) is 31.9 Å². The third kappa shape index (κ3) is 6.36. The summed E-state index contributed by atoms with van der Waals surface area (Å²) in [6, 6.07) is 21.8. The Morgan fingerprint density at radius 3 is 2.24 bits per heavy atom. The van der Waals surface area contributed by atoms with Gasteiger partial charge in [0.15, 0.2) is 0 Å². The number of carboxylic acid groups (broad SMARTS) is 1. The molecule has 1 aromatic heterocycles. The number of aryl methyl sites for hydroxylation is 1. The number of oxime groups is 1. The van der Waals surface area contributed by atoms with E-state index >= 15 is 0 Å². The second-order valence-electron chi connectivity index (χ2n) is 8.31. The molecule has 0 radical (unpaired) electrons. The van der Waals surface area contributed by atoms with E-state index in [0.29, 0.717) is 33.8 Å². The van der Waals surface area contributed by atoms with Gasteiger partial charge in [-0.25, -0.2) is 9.18 Å². The molecule has 198 valence electrons. The average Bonchev–Trinajstić information content (AvgIpc) is 2.87. The zero-order valence-electron chi connectivity index (χ0n) is 19.2. The fourth-order valence-electron chi connectivity index (χ4n) is 4.12. The average molecular weight is 537 g/mol. The highest BCUT2D eigenvalue weighted by Gasteiger charge is 2.21. The Kier molecular flexibility index (Phi) is 10.1. The van der Waals surface area contributed by atoms with E-state index in [1.165, 1.54) is 22.8 Å². The maximum atomic E-state index is 14.2. The Bertz CT molecular complexity index is 1510. The summed E-state index contributed by atoms with van der Waals surface area (Å²) in [5.74, 6) is -2.42. The quantitative estimate of drug-likeness (QED) is 0.148. The Morgan fingerprint density at radius 2 is 1.66 bits per heavy atom. The molecule has 38 heavy (non-hydrogen) atoms. The summed E-state index contributed by atoms with van der Waals surface area (Å²) in [6.45, 7) is 0. The van der Waals surface area contributed by atoms with Crippen molar-refractivity contribution in [2.75, 3.05) is 0 Å². The Labute approximate surface area is 226 Å². The van der Waals surface area contributed by atoms with Crippen molar-refractivity contribution in [2.45, 2.75) is 27.2 Å². The van der Waals surface area contributed by atoms with Crippen LogP contribution in [0.5, 0.6) is 0 Å². The first-order valence-electron chi connectivity index (χ1n) is 11.0. The highest BCUT2D eigenvalue weighted by molar-refractivity contribution is 6.31. The van der Waals surface area contributed by atoms with Gasteiger partial charge in [-0.2, -0.15) is 0 Å². The molecular formula is C30H30ClFN2O4. The molecule has 0 amide bonds. The van der Waals surface area contributed by atoms with Gasteiger partial charge < -0.3 is 14.9 Å². The zero-order chi connectivity index (χ0) is 25.8. The molecule has 6 nitrogen and oxygen atoms in total. The molecule has 0 bridgehead atoms. The topological polar surface area (TPSA) is 91.9 Å². The standard InChI is InChI=1S/C28H22ClFN2O4.2CH4/c1-32-16-20(11-13-27(32)33)26(31-36)15-23(21-4-2-3-5-24(21)29)18-8-6-17(7-9-18)19-10-12-22(28(34)35)25(30)14-19;;/h2-14,16,23,36H,15H2,1H3,(H,34,35);2*1H4/b31-26+;;. The highest BCUT2D eigenvalue weighted by Crippen LogP contribution is 2.35. The molecule has 0 aliphatic rings. The number of nitrogens with zero attached hydrogens (tertiary/aromatic N) is 2. The van der Waals surface area contributed by atoms with Gasteiger partial charge in [-0.05, 0) is 46.5 Å². The first-order valence-corrected chi connectivity index (χ1v) is 11.4. The van der Waals surface area contributed by atoms with E-state index in [1.54, 1.807) is 31.4 Å². The molecule has 1 atom stereocenters. The Morgan fingerprint density at radius 1 is 1.00 bits per heavy atom.